The van der Waals surface area contributed by atoms with Crippen molar-refractivity contribution in [1.29, 1.82) is 0 Å². The predicted molar refractivity (Wildman–Crippen MR) is 72.3 cm³/mol. The molecule has 1 aliphatic heterocycles. The Balaban J connectivity index is 2.17. The van der Waals surface area contributed by atoms with Gasteiger partial charge in [0.05, 0.1) is 6.10 Å². The zero-order chi connectivity index (χ0) is 14.9. The van der Waals surface area contributed by atoms with Gasteiger partial charge in [0, 0.05) is 26.1 Å². The molecule has 20 heavy (non-hydrogen) atoms. The van der Waals surface area contributed by atoms with Crippen LogP contribution in [0.1, 0.15) is 38.5 Å². The topological polar surface area (TPSA) is 98.2 Å². The first-order valence-electron chi connectivity index (χ1n) is 6.99. The van der Waals surface area contributed by atoms with Gasteiger partial charge < -0.3 is 10.2 Å². The van der Waals surface area contributed by atoms with Crippen molar-refractivity contribution < 1.29 is 23.4 Å². The molecule has 116 valence electrons. The number of aliphatic hydroxyl groups excluding tert-OH is 1. The van der Waals surface area contributed by atoms with E-state index in [0.717, 1.165) is 36.4 Å². The van der Waals surface area contributed by atoms with Crippen molar-refractivity contribution in [3.63, 3.8) is 0 Å². The third-order valence-corrected chi connectivity index (χ3v) is 6.29. The van der Waals surface area contributed by atoms with Gasteiger partial charge in [-0.15, -0.1) is 0 Å². The number of aliphatic hydroxyl groups is 1. The number of hydrogen-bond acceptors (Lipinski definition) is 4. The van der Waals surface area contributed by atoms with Crippen LogP contribution >= 0.6 is 0 Å². The summed E-state index contributed by atoms with van der Waals surface area (Å²) in [6.45, 7) is -0.142. The molecule has 1 heterocycles. The minimum atomic E-state index is -3.84. The van der Waals surface area contributed by atoms with Crippen LogP contribution in [0.25, 0.3) is 0 Å². The Hall–Kier alpha value is -0.700. The van der Waals surface area contributed by atoms with Crippen LogP contribution in [-0.4, -0.2) is 65.0 Å². The second kappa shape index (κ2) is 5.97. The molecule has 0 aromatic carbocycles. The van der Waals surface area contributed by atoms with Crippen molar-refractivity contribution in [3.05, 3.63) is 0 Å². The maximum absolute atomic E-state index is 12.6. The molecule has 0 aromatic rings. The first-order chi connectivity index (χ1) is 9.34. The van der Waals surface area contributed by atoms with Gasteiger partial charge in [0.2, 0.25) is 0 Å². The fraction of sp³-hybridized carbons (Fsp3) is 0.917. The average molecular weight is 306 g/mol. The fourth-order valence-electron chi connectivity index (χ4n) is 3.06. The largest absolute Gasteiger partial charge is 0.480 e. The van der Waals surface area contributed by atoms with E-state index in [2.05, 4.69) is 0 Å². The number of rotatable bonds is 4. The standard InChI is InChI=1S/C12H22N2O5S/c1-13(9-5-3-2-4-6-9)20(18,19)14-8-10(15)7-11(14)12(16)17/h9-11,15H,2-8H2,1H3,(H,16,17)/t10-,11-/m1/s1. The van der Waals surface area contributed by atoms with E-state index in [0.29, 0.717) is 0 Å². The Kier molecular flexibility index (Phi) is 4.68. The van der Waals surface area contributed by atoms with Gasteiger partial charge in [-0.2, -0.15) is 17.0 Å². The lowest BCUT2D eigenvalue weighted by molar-refractivity contribution is -0.140. The van der Waals surface area contributed by atoms with E-state index in [1.54, 1.807) is 0 Å². The zero-order valence-electron chi connectivity index (χ0n) is 11.6. The van der Waals surface area contributed by atoms with Gasteiger partial charge in [-0.25, -0.2) is 0 Å². The molecule has 2 rings (SSSR count). The normalized spacial score (nSPS) is 29.9. The van der Waals surface area contributed by atoms with Crippen LogP contribution < -0.4 is 0 Å². The van der Waals surface area contributed by atoms with Gasteiger partial charge in [-0.05, 0) is 12.8 Å². The smallest absolute Gasteiger partial charge is 0.322 e. The highest BCUT2D eigenvalue weighted by atomic mass is 32.2. The van der Waals surface area contributed by atoms with Crippen molar-refractivity contribution in [2.24, 2.45) is 0 Å². The number of carboxylic acids is 1. The zero-order valence-corrected chi connectivity index (χ0v) is 12.4. The average Bonchev–Trinajstić information content (AvgIpc) is 2.82. The molecule has 0 amide bonds. The van der Waals surface area contributed by atoms with Crippen LogP contribution in [0, 0.1) is 0 Å². The number of aliphatic carboxylic acids is 1. The van der Waals surface area contributed by atoms with E-state index in [1.807, 2.05) is 0 Å². The van der Waals surface area contributed by atoms with Crippen molar-refractivity contribution >= 4 is 16.2 Å². The van der Waals surface area contributed by atoms with Crippen LogP contribution in [-0.2, 0) is 15.0 Å². The van der Waals surface area contributed by atoms with E-state index >= 15 is 0 Å². The van der Waals surface area contributed by atoms with E-state index in [1.165, 1.54) is 11.4 Å². The van der Waals surface area contributed by atoms with Crippen LogP contribution in [0.2, 0.25) is 0 Å². The van der Waals surface area contributed by atoms with E-state index in [-0.39, 0.29) is 19.0 Å². The Bertz CT molecular complexity index is 460. The first-order valence-corrected chi connectivity index (χ1v) is 8.39. The third kappa shape index (κ3) is 2.98. The molecule has 1 saturated heterocycles. The molecule has 7 nitrogen and oxygen atoms in total. The molecule has 0 bridgehead atoms. The summed E-state index contributed by atoms with van der Waals surface area (Å²) in [6, 6.07) is -1.23. The van der Waals surface area contributed by atoms with Gasteiger partial charge in [-0.3, -0.25) is 4.79 Å². The summed E-state index contributed by atoms with van der Waals surface area (Å²) in [7, 11) is -2.33. The Morgan fingerprint density at radius 1 is 1.25 bits per heavy atom. The quantitative estimate of drug-likeness (QED) is 0.763. The van der Waals surface area contributed by atoms with E-state index < -0.39 is 28.3 Å². The third-order valence-electron chi connectivity index (χ3n) is 4.27. The molecule has 0 radical (unpaired) electrons. The summed E-state index contributed by atoms with van der Waals surface area (Å²) in [5.74, 6) is -1.21. The highest BCUT2D eigenvalue weighted by molar-refractivity contribution is 7.86. The number of β-amino-alcohol motifs (C(OH)–C–C–N with tert-alkyl or cyclic N) is 1. The number of carbonyl (C=O) groups is 1. The molecule has 0 aromatic heterocycles. The van der Waals surface area contributed by atoms with Gasteiger partial charge in [0.25, 0.3) is 10.2 Å². The van der Waals surface area contributed by atoms with Gasteiger partial charge in [0.1, 0.15) is 6.04 Å². The minimum absolute atomic E-state index is 0.0485. The molecule has 1 aliphatic carbocycles. The summed E-state index contributed by atoms with van der Waals surface area (Å²) in [6.07, 6.45) is 3.77. The summed E-state index contributed by atoms with van der Waals surface area (Å²) in [5.41, 5.74) is 0. The lowest BCUT2D eigenvalue weighted by atomic mass is 9.96. The SMILES string of the molecule is CN(C1CCCCC1)S(=O)(=O)N1C[C@H](O)C[C@@H]1C(=O)O. The van der Waals surface area contributed by atoms with Crippen LogP contribution in [0.3, 0.4) is 0 Å². The van der Waals surface area contributed by atoms with E-state index in [9.17, 15) is 18.3 Å². The Labute approximate surface area is 119 Å². The Morgan fingerprint density at radius 3 is 2.40 bits per heavy atom. The van der Waals surface area contributed by atoms with Gasteiger partial charge >= 0.3 is 5.97 Å². The van der Waals surface area contributed by atoms with Crippen LogP contribution in [0.4, 0.5) is 0 Å². The molecule has 0 spiro atoms. The minimum Gasteiger partial charge on any atom is -0.480 e. The molecule has 2 aliphatic rings. The lowest BCUT2D eigenvalue weighted by Crippen LogP contribution is -2.50. The molecule has 2 atom stereocenters. The number of hydrogen-bond donors (Lipinski definition) is 2. The highest BCUT2D eigenvalue weighted by Gasteiger charge is 2.45. The second-order valence-electron chi connectivity index (χ2n) is 5.63. The Morgan fingerprint density at radius 2 is 1.85 bits per heavy atom. The van der Waals surface area contributed by atoms with Crippen LogP contribution in [0.5, 0.6) is 0 Å². The molecule has 0 unspecified atom stereocenters. The van der Waals surface area contributed by atoms with Crippen LogP contribution in [0.15, 0.2) is 0 Å². The fourth-order valence-corrected chi connectivity index (χ4v) is 4.84. The van der Waals surface area contributed by atoms with E-state index in [4.69, 9.17) is 5.11 Å². The summed E-state index contributed by atoms with van der Waals surface area (Å²) < 4.78 is 27.4. The second-order valence-corrected chi connectivity index (χ2v) is 7.57. The predicted octanol–water partition coefficient (Wildman–Crippen LogP) is 0.0155. The molecule has 2 N–H and O–H groups in total. The van der Waals surface area contributed by atoms with Crippen molar-refractivity contribution in [2.75, 3.05) is 13.6 Å². The summed E-state index contributed by atoms with van der Waals surface area (Å²) >= 11 is 0. The highest BCUT2D eigenvalue weighted by Crippen LogP contribution is 2.28. The number of nitrogens with zero attached hydrogens (tertiary/aromatic N) is 2. The molecular weight excluding hydrogens is 284 g/mol. The van der Waals surface area contributed by atoms with Crippen molar-refractivity contribution in [1.82, 2.24) is 8.61 Å². The maximum Gasteiger partial charge on any atom is 0.322 e. The maximum atomic E-state index is 12.6. The summed E-state index contributed by atoms with van der Waals surface area (Å²) in [5, 5.41) is 18.7. The monoisotopic (exact) mass is 306 g/mol. The molecule has 8 heteroatoms. The lowest BCUT2D eigenvalue weighted by Gasteiger charge is -2.34. The number of carboxylic acid groups (broad SMARTS) is 1. The molecule has 1 saturated carbocycles. The summed E-state index contributed by atoms with van der Waals surface area (Å²) in [4.78, 5) is 11.2. The van der Waals surface area contributed by atoms with Crippen molar-refractivity contribution in [3.8, 4) is 0 Å². The first kappa shape index (κ1) is 15.7. The molecular formula is C12H22N2O5S. The van der Waals surface area contributed by atoms with Gasteiger partial charge in [0.15, 0.2) is 0 Å². The molecule has 2 fully saturated rings. The van der Waals surface area contributed by atoms with Crippen molar-refractivity contribution in [2.45, 2.75) is 56.7 Å². The van der Waals surface area contributed by atoms with Gasteiger partial charge in [-0.1, -0.05) is 19.3 Å².